The summed E-state index contributed by atoms with van der Waals surface area (Å²) < 4.78 is 5.95. The molecule has 0 spiro atoms. The lowest BCUT2D eigenvalue weighted by Gasteiger charge is -2.21. The lowest BCUT2D eigenvalue weighted by Crippen LogP contribution is -2.26. The number of hydrogen-bond donors (Lipinski definition) is 2. The van der Waals surface area contributed by atoms with Gasteiger partial charge in [0.25, 0.3) is 0 Å². The van der Waals surface area contributed by atoms with E-state index in [2.05, 4.69) is 41.0 Å². The summed E-state index contributed by atoms with van der Waals surface area (Å²) in [6.45, 7) is 4.43. The molecule has 5 rings (SSSR count). The number of nitrogens with zero attached hydrogens (tertiary/aromatic N) is 2. The molecule has 5 heteroatoms. The fraction of sp³-hybridized carbons (Fsp3) is 0.217. The van der Waals surface area contributed by atoms with Gasteiger partial charge in [0.15, 0.2) is 5.82 Å². The minimum Gasteiger partial charge on any atom is -0.461 e. The van der Waals surface area contributed by atoms with Gasteiger partial charge in [-0.25, -0.2) is 9.97 Å². The number of para-hydroxylation sites is 1. The summed E-state index contributed by atoms with van der Waals surface area (Å²) >= 11 is 0. The summed E-state index contributed by atoms with van der Waals surface area (Å²) in [6, 6.07) is 18.5. The van der Waals surface area contributed by atoms with Crippen molar-refractivity contribution >= 4 is 16.8 Å². The van der Waals surface area contributed by atoms with Crippen LogP contribution in [-0.4, -0.2) is 16.5 Å². The first kappa shape index (κ1) is 17.0. The van der Waals surface area contributed by atoms with Crippen molar-refractivity contribution in [2.75, 3.05) is 11.9 Å². The Morgan fingerprint density at radius 2 is 1.86 bits per heavy atom. The molecule has 2 N–H and O–H groups in total. The van der Waals surface area contributed by atoms with E-state index in [-0.39, 0.29) is 0 Å². The highest BCUT2D eigenvalue weighted by Crippen LogP contribution is 2.34. The Labute approximate surface area is 163 Å². The fourth-order valence-corrected chi connectivity index (χ4v) is 3.84. The molecular weight excluding hydrogens is 348 g/mol. The molecule has 0 amide bonds. The molecular formula is C23H22N4O. The molecule has 1 aliphatic rings. The highest BCUT2D eigenvalue weighted by atomic mass is 16.3. The summed E-state index contributed by atoms with van der Waals surface area (Å²) in [6.07, 6.45) is 0.928. The molecule has 0 aliphatic carbocycles. The first-order chi connectivity index (χ1) is 13.8. The van der Waals surface area contributed by atoms with E-state index < -0.39 is 0 Å². The predicted octanol–water partition coefficient (Wildman–Crippen LogP) is 4.46. The number of hydrogen-bond acceptors (Lipinski definition) is 5. The zero-order valence-corrected chi connectivity index (χ0v) is 15.8. The molecule has 0 fully saturated rings. The van der Waals surface area contributed by atoms with E-state index in [1.807, 2.05) is 31.2 Å². The van der Waals surface area contributed by atoms with E-state index in [9.17, 15) is 0 Å². The van der Waals surface area contributed by atoms with Gasteiger partial charge in [-0.05, 0) is 31.5 Å². The third kappa shape index (κ3) is 3.04. The minimum atomic E-state index is 0.723. The molecule has 0 saturated heterocycles. The van der Waals surface area contributed by atoms with Crippen LogP contribution in [0.4, 0.5) is 5.82 Å². The average Bonchev–Trinajstić information content (AvgIpc) is 3.08. The third-order valence-electron chi connectivity index (χ3n) is 5.23. The first-order valence-electron chi connectivity index (χ1n) is 9.66. The van der Waals surface area contributed by atoms with E-state index >= 15 is 0 Å². The monoisotopic (exact) mass is 370 g/mol. The molecule has 0 radical (unpaired) electrons. The van der Waals surface area contributed by atoms with Crippen molar-refractivity contribution in [1.29, 1.82) is 0 Å². The van der Waals surface area contributed by atoms with Crippen LogP contribution in [0.2, 0.25) is 0 Å². The number of aromatic nitrogens is 2. The van der Waals surface area contributed by atoms with Crippen LogP contribution >= 0.6 is 0 Å². The second kappa shape index (κ2) is 7.09. The largest absolute Gasteiger partial charge is 0.461 e. The van der Waals surface area contributed by atoms with Gasteiger partial charge in [0.2, 0.25) is 0 Å². The summed E-state index contributed by atoms with van der Waals surface area (Å²) in [7, 11) is 0. The van der Waals surface area contributed by atoms with Crippen LogP contribution in [0.1, 0.15) is 22.6 Å². The number of fused-ring (bicyclic) bond motifs is 2. The number of anilines is 1. The van der Waals surface area contributed by atoms with Crippen molar-refractivity contribution in [2.24, 2.45) is 0 Å². The third-order valence-corrected chi connectivity index (χ3v) is 5.23. The van der Waals surface area contributed by atoms with E-state index in [4.69, 9.17) is 14.4 Å². The normalized spacial score (nSPS) is 13.5. The quantitative estimate of drug-likeness (QED) is 0.555. The van der Waals surface area contributed by atoms with Gasteiger partial charge < -0.3 is 15.1 Å². The number of aryl methyl sites for hydroxylation is 1. The van der Waals surface area contributed by atoms with Gasteiger partial charge in [-0.3, -0.25) is 0 Å². The Kier molecular flexibility index (Phi) is 4.29. The van der Waals surface area contributed by atoms with Crippen LogP contribution in [0.25, 0.3) is 22.4 Å². The molecule has 2 aromatic carbocycles. The molecule has 3 heterocycles. The molecule has 140 valence electrons. The maximum absolute atomic E-state index is 5.95. The van der Waals surface area contributed by atoms with Gasteiger partial charge in [0.1, 0.15) is 17.2 Å². The van der Waals surface area contributed by atoms with Crippen LogP contribution in [0.3, 0.4) is 0 Å². The number of nitrogens with one attached hydrogen (secondary N) is 2. The Balaban J connectivity index is 1.60. The molecule has 4 aromatic rings. The van der Waals surface area contributed by atoms with Crippen molar-refractivity contribution in [3.05, 3.63) is 77.2 Å². The van der Waals surface area contributed by atoms with E-state index in [1.54, 1.807) is 0 Å². The van der Waals surface area contributed by atoms with Gasteiger partial charge in [0.05, 0.1) is 11.3 Å². The van der Waals surface area contributed by atoms with Crippen molar-refractivity contribution in [3.8, 4) is 11.4 Å². The van der Waals surface area contributed by atoms with Crippen LogP contribution in [0, 0.1) is 6.92 Å². The predicted molar refractivity (Wildman–Crippen MR) is 111 cm³/mol. The lowest BCUT2D eigenvalue weighted by atomic mass is 10.1. The molecule has 0 bridgehead atoms. The summed E-state index contributed by atoms with van der Waals surface area (Å²) in [5, 5.41) is 8.03. The van der Waals surface area contributed by atoms with Gasteiger partial charge in [-0.2, -0.15) is 0 Å². The molecule has 0 saturated carbocycles. The van der Waals surface area contributed by atoms with E-state index in [0.717, 1.165) is 65.7 Å². The maximum atomic E-state index is 5.95. The van der Waals surface area contributed by atoms with Crippen LogP contribution in [-0.2, 0) is 19.5 Å². The smallest absolute Gasteiger partial charge is 0.165 e. The molecule has 28 heavy (non-hydrogen) atoms. The minimum absolute atomic E-state index is 0.723. The standard InChI is InChI=1S/C23H22N4O/c1-15-21(18-9-5-6-10-20(18)28-15)23-26-19-14-24-12-11-17(19)22(27-23)25-13-16-7-3-2-4-8-16/h2-10,24H,11-14H2,1H3,(H,25,26,27). The molecule has 2 aromatic heterocycles. The van der Waals surface area contributed by atoms with Gasteiger partial charge in [-0.15, -0.1) is 0 Å². The molecule has 0 unspecified atom stereocenters. The van der Waals surface area contributed by atoms with Crippen molar-refractivity contribution in [1.82, 2.24) is 15.3 Å². The SMILES string of the molecule is Cc1oc2ccccc2c1-c1nc2c(c(NCc3ccccc3)n1)CCNC2. The Bertz CT molecular complexity index is 1130. The topological polar surface area (TPSA) is 63.0 Å². The van der Waals surface area contributed by atoms with Crippen molar-refractivity contribution in [2.45, 2.75) is 26.4 Å². The maximum Gasteiger partial charge on any atom is 0.165 e. The molecule has 0 atom stereocenters. The summed E-state index contributed by atoms with van der Waals surface area (Å²) in [5.74, 6) is 2.49. The second-order valence-corrected chi connectivity index (χ2v) is 7.12. The van der Waals surface area contributed by atoms with Gasteiger partial charge in [0, 0.05) is 24.0 Å². The number of benzene rings is 2. The van der Waals surface area contributed by atoms with Gasteiger partial charge in [-0.1, -0.05) is 48.5 Å². The summed E-state index contributed by atoms with van der Waals surface area (Å²) in [4.78, 5) is 9.85. The molecule has 5 nitrogen and oxygen atoms in total. The van der Waals surface area contributed by atoms with Crippen LogP contribution in [0.15, 0.2) is 59.0 Å². The summed E-state index contributed by atoms with van der Waals surface area (Å²) in [5.41, 5.74) is 5.36. The lowest BCUT2D eigenvalue weighted by molar-refractivity contribution is 0.579. The van der Waals surface area contributed by atoms with Crippen LogP contribution < -0.4 is 10.6 Å². The average molecular weight is 370 g/mol. The van der Waals surface area contributed by atoms with E-state index in [0.29, 0.717) is 0 Å². The van der Waals surface area contributed by atoms with Crippen LogP contribution in [0.5, 0.6) is 0 Å². The zero-order chi connectivity index (χ0) is 18.9. The highest BCUT2D eigenvalue weighted by Gasteiger charge is 2.21. The van der Waals surface area contributed by atoms with Crippen molar-refractivity contribution < 1.29 is 4.42 Å². The Hall–Kier alpha value is -3.18. The fourth-order valence-electron chi connectivity index (χ4n) is 3.84. The Morgan fingerprint density at radius 1 is 1.04 bits per heavy atom. The zero-order valence-electron chi connectivity index (χ0n) is 15.8. The second-order valence-electron chi connectivity index (χ2n) is 7.12. The Morgan fingerprint density at radius 3 is 2.75 bits per heavy atom. The molecule has 1 aliphatic heterocycles. The highest BCUT2D eigenvalue weighted by molar-refractivity contribution is 5.94. The number of furan rings is 1. The number of rotatable bonds is 4. The van der Waals surface area contributed by atoms with Crippen molar-refractivity contribution in [3.63, 3.8) is 0 Å². The van der Waals surface area contributed by atoms with Gasteiger partial charge >= 0.3 is 0 Å². The van der Waals surface area contributed by atoms with E-state index in [1.165, 1.54) is 11.1 Å². The first-order valence-corrected chi connectivity index (χ1v) is 9.66.